The fourth-order valence-corrected chi connectivity index (χ4v) is 3.18. The molecule has 1 heterocycles. The van der Waals surface area contributed by atoms with E-state index in [0.29, 0.717) is 11.1 Å². The van der Waals surface area contributed by atoms with E-state index < -0.39 is 10.9 Å². The van der Waals surface area contributed by atoms with Crippen molar-refractivity contribution in [2.45, 2.75) is 0 Å². The van der Waals surface area contributed by atoms with E-state index in [1.807, 2.05) is 28.8 Å². The van der Waals surface area contributed by atoms with Crippen LogP contribution >= 0.6 is 0 Å². The van der Waals surface area contributed by atoms with Crippen molar-refractivity contribution in [3.05, 3.63) is 82.4 Å². The predicted octanol–water partition coefficient (Wildman–Crippen LogP) is 4.39. The van der Waals surface area contributed by atoms with Crippen LogP contribution in [-0.2, 0) is 0 Å². The minimum atomic E-state index is -1.02. The molecule has 1 aromatic heterocycles. The number of carbonyl (C=O) groups is 1. The maximum absolute atomic E-state index is 11.6. The van der Waals surface area contributed by atoms with Gasteiger partial charge in [0, 0.05) is 22.9 Å². The number of carboxylic acids is 1. The number of aromatic carboxylic acids is 1. The Morgan fingerprint density at radius 2 is 1.60 bits per heavy atom. The summed E-state index contributed by atoms with van der Waals surface area (Å²) in [5, 5.41) is 22.2. The standard InChI is InChI=1S/C19H12N2O4/c22-19(23)14-6-2-4-8-17(14)20-16-7-3-1-5-13(16)15-11-12(21(24)25)9-10-18(15)20/h1-11H,(H,22,23). The molecule has 0 amide bonds. The molecule has 6 nitrogen and oxygen atoms in total. The summed E-state index contributed by atoms with van der Waals surface area (Å²) in [6.07, 6.45) is 0. The van der Waals surface area contributed by atoms with Gasteiger partial charge in [-0.15, -0.1) is 0 Å². The topological polar surface area (TPSA) is 85.4 Å². The Balaban J connectivity index is 2.17. The first-order chi connectivity index (χ1) is 12.1. The first kappa shape index (κ1) is 14.9. The summed E-state index contributed by atoms with van der Waals surface area (Å²) < 4.78 is 1.83. The average Bonchev–Trinajstić information content (AvgIpc) is 2.95. The van der Waals surface area contributed by atoms with Crippen molar-refractivity contribution in [1.29, 1.82) is 0 Å². The molecule has 0 saturated heterocycles. The SMILES string of the molecule is O=C(O)c1ccccc1-n1c2ccccc2c2cc([N+](=O)[O-])ccc21. The van der Waals surface area contributed by atoms with Crippen molar-refractivity contribution in [2.24, 2.45) is 0 Å². The number of carboxylic acid groups (broad SMARTS) is 1. The lowest BCUT2D eigenvalue weighted by atomic mass is 10.1. The van der Waals surface area contributed by atoms with Crippen LogP contribution in [-0.4, -0.2) is 20.6 Å². The van der Waals surface area contributed by atoms with Crippen molar-refractivity contribution in [1.82, 2.24) is 4.57 Å². The first-order valence-electron chi connectivity index (χ1n) is 7.58. The largest absolute Gasteiger partial charge is 0.478 e. The molecule has 6 heteroatoms. The molecule has 0 spiro atoms. The molecular weight excluding hydrogens is 320 g/mol. The third kappa shape index (κ3) is 2.23. The highest BCUT2D eigenvalue weighted by Gasteiger charge is 2.18. The number of nitro benzene ring substituents is 1. The van der Waals surface area contributed by atoms with Crippen LogP contribution in [0.4, 0.5) is 5.69 Å². The third-order valence-electron chi connectivity index (χ3n) is 4.24. The number of para-hydroxylation sites is 2. The van der Waals surface area contributed by atoms with Crippen LogP contribution in [0.25, 0.3) is 27.5 Å². The second kappa shape index (κ2) is 5.45. The van der Waals surface area contributed by atoms with Gasteiger partial charge >= 0.3 is 5.97 Å². The van der Waals surface area contributed by atoms with Gasteiger partial charge in [-0.05, 0) is 24.3 Å². The smallest absolute Gasteiger partial charge is 0.337 e. The molecule has 0 atom stereocenters. The normalized spacial score (nSPS) is 11.0. The molecule has 4 rings (SSSR count). The molecule has 25 heavy (non-hydrogen) atoms. The highest BCUT2D eigenvalue weighted by molar-refractivity contribution is 6.10. The Morgan fingerprint density at radius 3 is 2.36 bits per heavy atom. The molecule has 0 aliphatic rings. The van der Waals surface area contributed by atoms with Crippen molar-refractivity contribution < 1.29 is 14.8 Å². The van der Waals surface area contributed by atoms with Crippen LogP contribution in [0.15, 0.2) is 66.7 Å². The van der Waals surface area contributed by atoms with Gasteiger partial charge in [0.1, 0.15) is 0 Å². The van der Waals surface area contributed by atoms with Gasteiger partial charge in [0.05, 0.1) is 27.2 Å². The Bertz CT molecular complexity index is 1160. The Labute approximate surface area is 141 Å². The summed E-state index contributed by atoms with van der Waals surface area (Å²) in [6.45, 7) is 0. The molecule has 3 aromatic carbocycles. The molecule has 0 bridgehead atoms. The minimum Gasteiger partial charge on any atom is -0.478 e. The predicted molar refractivity (Wildman–Crippen MR) is 94.4 cm³/mol. The Kier molecular flexibility index (Phi) is 3.25. The van der Waals surface area contributed by atoms with E-state index in [-0.39, 0.29) is 11.3 Å². The molecular formula is C19H12N2O4. The van der Waals surface area contributed by atoms with Crippen molar-refractivity contribution >= 4 is 33.5 Å². The molecule has 0 saturated carbocycles. The Morgan fingerprint density at radius 1 is 0.920 bits per heavy atom. The number of nitrogens with zero attached hydrogens (tertiary/aromatic N) is 2. The lowest BCUT2D eigenvalue weighted by molar-refractivity contribution is -0.384. The number of hydrogen-bond acceptors (Lipinski definition) is 3. The number of rotatable bonds is 3. The molecule has 0 fully saturated rings. The maximum Gasteiger partial charge on any atom is 0.337 e. The summed E-state index contributed by atoms with van der Waals surface area (Å²) in [7, 11) is 0. The quantitative estimate of drug-likeness (QED) is 0.445. The van der Waals surface area contributed by atoms with Crippen LogP contribution in [0, 0.1) is 10.1 Å². The zero-order valence-electron chi connectivity index (χ0n) is 12.9. The molecule has 0 aliphatic heterocycles. The summed E-state index contributed by atoms with van der Waals surface area (Å²) in [5.74, 6) is -1.02. The maximum atomic E-state index is 11.6. The third-order valence-corrected chi connectivity index (χ3v) is 4.24. The number of hydrogen-bond donors (Lipinski definition) is 1. The van der Waals surface area contributed by atoms with E-state index in [9.17, 15) is 20.0 Å². The summed E-state index contributed by atoms with van der Waals surface area (Å²) in [6, 6.07) is 18.8. The molecule has 0 radical (unpaired) electrons. The van der Waals surface area contributed by atoms with E-state index in [4.69, 9.17) is 0 Å². The fraction of sp³-hybridized carbons (Fsp3) is 0. The first-order valence-corrected chi connectivity index (χ1v) is 7.58. The number of fused-ring (bicyclic) bond motifs is 3. The summed E-state index contributed by atoms with van der Waals surface area (Å²) >= 11 is 0. The zero-order valence-corrected chi connectivity index (χ0v) is 12.9. The van der Waals surface area contributed by atoms with Gasteiger partial charge in [0.25, 0.3) is 5.69 Å². The van der Waals surface area contributed by atoms with Crippen LogP contribution in [0.1, 0.15) is 10.4 Å². The number of nitro groups is 1. The molecule has 122 valence electrons. The van der Waals surface area contributed by atoms with Crippen LogP contribution in [0.2, 0.25) is 0 Å². The van der Waals surface area contributed by atoms with Gasteiger partial charge in [-0.2, -0.15) is 0 Å². The number of non-ortho nitro benzene ring substituents is 1. The van der Waals surface area contributed by atoms with E-state index in [0.717, 1.165) is 16.4 Å². The fourth-order valence-electron chi connectivity index (χ4n) is 3.18. The van der Waals surface area contributed by atoms with Crippen molar-refractivity contribution in [2.75, 3.05) is 0 Å². The average molecular weight is 332 g/mol. The van der Waals surface area contributed by atoms with Gasteiger partial charge in [-0.3, -0.25) is 10.1 Å². The zero-order chi connectivity index (χ0) is 17.6. The molecule has 0 aliphatic carbocycles. The van der Waals surface area contributed by atoms with Gasteiger partial charge in [0.15, 0.2) is 0 Å². The highest BCUT2D eigenvalue weighted by atomic mass is 16.6. The molecule has 4 aromatic rings. The van der Waals surface area contributed by atoms with Gasteiger partial charge < -0.3 is 9.67 Å². The van der Waals surface area contributed by atoms with Gasteiger partial charge in [0.2, 0.25) is 0 Å². The second-order valence-electron chi connectivity index (χ2n) is 5.63. The van der Waals surface area contributed by atoms with E-state index in [1.54, 1.807) is 30.3 Å². The van der Waals surface area contributed by atoms with Crippen molar-refractivity contribution in [3.63, 3.8) is 0 Å². The lowest BCUT2D eigenvalue weighted by Gasteiger charge is -2.10. The van der Waals surface area contributed by atoms with Crippen molar-refractivity contribution in [3.8, 4) is 5.69 Å². The van der Waals surface area contributed by atoms with Crippen LogP contribution in [0.5, 0.6) is 0 Å². The second-order valence-corrected chi connectivity index (χ2v) is 5.63. The summed E-state index contributed by atoms with van der Waals surface area (Å²) in [5.41, 5.74) is 2.22. The van der Waals surface area contributed by atoms with Gasteiger partial charge in [-0.25, -0.2) is 4.79 Å². The Hall–Kier alpha value is -3.67. The van der Waals surface area contributed by atoms with E-state index >= 15 is 0 Å². The van der Waals surface area contributed by atoms with E-state index in [2.05, 4.69) is 0 Å². The van der Waals surface area contributed by atoms with Gasteiger partial charge in [-0.1, -0.05) is 30.3 Å². The molecule has 0 unspecified atom stereocenters. The lowest BCUT2D eigenvalue weighted by Crippen LogP contribution is -2.05. The van der Waals surface area contributed by atoms with E-state index in [1.165, 1.54) is 12.1 Å². The number of aromatic nitrogens is 1. The molecule has 1 N–H and O–H groups in total. The monoisotopic (exact) mass is 332 g/mol. The number of benzene rings is 3. The summed E-state index contributed by atoms with van der Waals surface area (Å²) in [4.78, 5) is 22.3. The minimum absolute atomic E-state index is 0.00178. The van der Waals surface area contributed by atoms with Crippen LogP contribution in [0.3, 0.4) is 0 Å². The highest BCUT2D eigenvalue weighted by Crippen LogP contribution is 2.34. The van der Waals surface area contributed by atoms with Crippen LogP contribution < -0.4 is 0 Å².